The Labute approximate surface area is 76.8 Å². The lowest BCUT2D eigenvalue weighted by Crippen LogP contribution is -2.22. The number of hydrogen-bond donors (Lipinski definition) is 2. The predicted octanol–water partition coefficient (Wildman–Crippen LogP) is 1.39. The number of H-pyrrole nitrogens is 1. The zero-order valence-corrected chi connectivity index (χ0v) is 7.77. The molecule has 0 radical (unpaired) electrons. The molecule has 0 atom stereocenters. The molecule has 0 aliphatic carbocycles. The van der Waals surface area contributed by atoms with E-state index in [1.165, 1.54) is 0 Å². The van der Waals surface area contributed by atoms with E-state index in [4.69, 9.17) is 0 Å². The largest absolute Gasteiger partial charge is 0.354 e. The first-order chi connectivity index (χ1) is 6.20. The molecule has 0 saturated heterocycles. The first-order valence-corrected chi connectivity index (χ1v) is 4.34. The summed E-state index contributed by atoms with van der Waals surface area (Å²) in [6, 6.07) is 0. The van der Waals surface area contributed by atoms with Gasteiger partial charge in [0.1, 0.15) is 5.69 Å². The van der Waals surface area contributed by atoms with Gasteiger partial charge in [-0.15, -0.1) is 0 Å². The summed E-state index contributed by atoms with van der Waals surface area (Å²) in [4.78, 5) is 14.6. The van der Waals surface area contributed by atoms with Gasteiger partial charge in [0.05, 0.1) is 0 Å². The van der Waals surface area contributed by atoms with Gasteiger partial charge in [-0.25, -0.2) is 0 Å². The molecule has 2 heterocycles. The summed E-state index contributed by atoms with van der Waals surface area (Å²) >= 11 is 0. The van der Waals surface area contributed by atoms with E-state index in [0.29, 0.717) is 12.2 Å². The second kappa shape index (κ2) is 2.76. The fraction of sp³-hybridized carbons (Fsp3) is 0.300. The van der Waals surface area contributed by atoms with Gasteiger partial charge in [0.25, 0.3) is 5.91 Å². The van der Waals surface area contributed by atoms with Crippen LogP contribution in [-0.4, -0.2) is 17.4 Å². The Bertz CT molecular complexity index is 388. The van der Waals surface area contributed by atoms with Gasteiger partial charge in [0.2, 0.25) is 0 Å². The van der Waals surface area contributed by atoms with Gasteiger partial charge in [0.15, 0.2) is 0 Å². The minimum absolute atomic E-state index is 0.0174. The number of aryl methyl sites for hydroxylation is 1. The van der Waals surface area contributed by atoms with Crippen molar-refractivity contribution in [2.24, 2.45) is 0 Å². The molecule has 0 aromatic carbocycles. The lowest BCUT2D eigenvalue weighted by Gasteiger charge is -1.97. The minimum atomic E-state index is -0.0174. The van der Waals surface area contributed by atoms with E-state index < -0.39 is 0 Å². The highest BCUT2D eigenvalue weighted by atomic mass is 16.1. The second-order valence-electron chi connectivity index (χ2n) is 3.28. The molecule has 2 N–H and O–H groups in total. The van der Waals surface area contributed by atoms with E-state index in [2.05, 4.69) is 10.3 Å². The number of aromatic amines is 1. The van der Waals surface area contributed by atoms with Gasteiger partial charge < -0.3 is 10.3 Å². The molecule has 0 bridgehead atoms. The summed E-state index contributed by atoms with van der Waals surface area (Å²) in [5, 5.41) is 2.78. The molecule has 1 aliphatic heterocycles. The van der Waals surface area contributed by atoms with Crippen molar-refractivity contribution < 1.29 is 4.79 Å². The van der Waals surface area contributed by atoms with Crippen molar-refractivity contribution >= 4 is 12.0 Å². The van der Waals surface area contributed by atoms with E-state index >= 15 is 0 Å². The van der Waals surface area contributed by atoms with E-state index in [1.807, 2.05) is 26.0 Å². The standard InChI is InChI=1S/C10H12N2O/c1-6-7(2)12-9-8(6)4-3-5-11-10(9)13/h3-4,12H,5H2,1-2H3,(H,11,13). The van der Waals surface area contributed by atoms with Crippen LogP contribution in [0, 0.1) is 13.8 Å². The fourth-order valence-electron chi connectivity index (χ4n) is 1.54. The second-order valence-corrected chi connectivity index (χ2v) is 3.28. The minimum Gasteiger partial charge on any atom is -0.354 e. The molecular formula is C10H12N2O. The lowest BCUT2D eigenvalue weighted by molar-refractivity contribution is 0.0954. The predicted molar refractivity (Wildman–Crippen MR) is 51.6 cm³/mol. The molecule has 1 aromatic heterocycles. The van der Waals surface area contributed by atoms with Crippen LogP contribution in [-0.2, 0) is 0 Å². The van der Waals surface area contributed by atoms with Crippen LogP contribution in [0.4, 0.5) is 0 Å². The van der Waals surface area contributed by atoms with Crippen LogP contribution in [0.2, 0.25) is 0 Å². The Morgan fingerprint density at radius 2 is 2.15 bits per heavy atom. The van der Waals surface area contributed by atoms with Crippen LogP contribution in [0.25, 0.3) is 6.08 Å². The Kier molecular flexibility index (Phi) is 1.72. The van der Waals surface area contributed by atoms with Gasteiger partial charge >= 0.3 is 0 Å². The maximum atomic E-state index is 11.5. The number of hydrogen-bond acceptors (Lipinski definition) is 1. The first-order valence-electron chi connectivity index (χ1n) is 4.34. The van der Waals surface area contributed by atoms with Crippen molar-refractivity contribution in [1.82, 2.24) is 10.3 Å². The average Bonchev–Trinajstić information content (AvgIpc) is 2.30. The number of amides is 1. The first kappa shape index (κ1) is 8.10. The summed E-state index contributed by atoms with van der Waals surface area (Å²) in [7, 11) is 0. The van der Waals surface area contributed by atoms with Crippen LogP contribution in [0.15, 0.2) is 6.08 Å². The molecule has 3 heteroatoms. The SMILES string of the molecule is Cc1[nH]c2c(c1C)C=CCNC2=O. The molecule has 0 spiro atoms. The number of carbonyl (C=O) groups is 1. The topological polar surface area (TPSA) is 44.9 Å². The van der Waals surface area contributed by atoms with Crippen molar-refractivity contribution in [2.75, 3.05) is 6.54 Å². The zero-order chi connectivity index (χ0) is 9.42. The molecule has 2 rings (SSSR count). The number of nitrogens with one attached hydrogen (secondary N) is 2. The molecule has 1 aliphatic rings. The number of rotatable bonds is 0. The Hall–Kier alpha value is -1.51. The van der Waals surface area contributed by atoms with Crippen LogP contribution in [0.5, 0.6) is 0 Å². The third kappa shape index (κ3) is 1.16. The van der Waals surface area contributed by atoms with Gasteiger partial charge in [-0.3, -0.25) is 4.79 Å². The molecular weight excluding hydrogens is 164 g/mol. The smallest absolute Gasteiger partial charge is 0.268 e. The molecule has 0 saturated carbocycles. The van der Waals surface area contributed by atoms with Crippen LogP contribution >= 0.6 is 0 Å². The maximum Gasteiger partial charge on any atom is 0.268 e. The van der Waals surface area contributed by atoms with E-state index in [0.717, 1.165) is 16.8 Å². The number of fused-ring (bicyclic) bond motifs is 1. The fourth-order valence-corrected chi connectivity index (χ4v) is 1.54. The third-order valence-electron chi connectivity index (χ3n) is 2.44. The monoisotopic (exact) mass is 176 g/mol. The average molecular weight is 176 g/mol. The normalized spacial score (nSPS) is 15.1. The molecule has 1 aromatic rings. The summed E-state index contributed by atoms with van der Waals surface area (Å²) in [6.45, 7) is 4.61. The van der Waals surface area contributed by atoms with Crippen LogP contribution in [0.3, 0.4) is 0 Å². The van der Waals surface area contributed by atoms with Gasteiger partial charge in [-0.05, 0) is 19.4 Å². The molecule has 0 unspecified atom stereocenters. The molecule has 3 nitrogen and oxygen atoms in total. The summed E-state index contributed by atoms with van der Waals surface area (Å²) in [5.74, 6) is -0.0174. The van der Waals surface area contributed by atoms with E-state index in [-0.39, 0.29) is 5.91 Å². The Morgan fingerprint density at radius 3 is 2.92 bits per heavy atom. The lowest BCUT2D eigenvalue weighted by atomic mass is 10.1. The number of aromatic nitrogens is 1. The Balaban J connectivity index is 2.64. The molecule has 68 valence electrons. The van der Waals surface area contributed by atoms with Gasteiger partial charge in [0, 0.05) is 17.8 Å². The summed E-state index contributed by atoms with van der Waals surface area (Å²) in [5.41, 5.74) is 3.92. The molecule has 1 amide bonds. The highest BCUT2D eigenvalue weighted by Gasteiger charge is 2.17. The third-order valence-corrected chi connectivity index (χ3v) is 2.44. The van der Waals surface area contributed by atoms with E-state index in [9.17, 15) is 4.79 Å². The van der Waals surface area contributed by atoms with Gasteiger partial charge in [-0.2, -0.15) is 0 Å². The zero-order valence-electron chi connectivity index (χ0n) is 7.77. The van der Waals surface area contributed by atoms with Crippen molar-refractivity contribution in [3.05, 3.63) is 28.6 Å². The molecule has 0 fully saturated rings. The molecule has 13 heavy (non-hydrogen) atoms. The van der Waals surface area contributed by atoms with Crippen molar-refractivity contribution in [3.8, 4) is 0 Å². The highest BCUT2D eigenvalue weighted by molar-refractivity contribution is 5.97. The Morgan fingerprint density at radius 1 is 1.38 bits per heavy atom. The van der Waals surface area contributed by atoms with Crippen LogP contribution < -0.4 is 5.32 Å². The van der Waals surface area contributed by atoms with Crippen LogP contribution in [0.1, 0.15) is 27.3 Å². The maximum absolute atomic E-state index is 11.5. The summed E-state index contributed by atoms with van der Waals surface area (Å²) < 4.78 is 0. The quantitative estimate of drug-likeness (QED) is 0.616. The highest BCUT2D eigenvalue weighted by Crippen LogP contribution is 2.20. The van der Waals surface area contributed by atoms with Gasteiger partial charge in [-0.1, -0.05) is 12.2 Å². The van der Waals surface area contributed by atoms with Crippen molar-refractivity contribution in [1.29, 1.82) is 0 Å². The summed E-state index contributed by atoms with van der Waals surface area (Å²) in [6.07, 6.45) is 3.95. The van der Waals surface area contributed by atoms with Crippen molar-refractivity contribution in [3.63, 3.8) is 0 Å². The van der Waals surface area contributed by atoms with Crippen molar-refractivity contribution in [2.45, 2.75) is 13.8 Å². The van der Waals surface area contributed by atoms with E-state index in [1.54, 1.807) is 0 Å². The number of carbonyl (C=O) groups excluding carboxylic acids is 1.